The molecule has 2 N–H and O–H groups in total. The Morgan fingerprint density at radius 3 is 2.81 bits per heavy atom. The van der Waals surface area contributed by atoms with Crippen LogP contribution in [0.1, 0.15) is 31.2 Å². The molecule has 3 rings (SSSR count). The molecular formula is C16H21NO4. The summed E-state index contributed by atoms with van der Waals surface area (Å²) in [5.74, 6) is 1.55. The number of ether oxygens (including phenoxy) is 2. The fraction of sp³-hybridized carbons (Fsp3) is 0.562. The number of aliphatic hydroxyl groups excluding tert-OH is 1. The van der Waals surface area contributed by atoms with E-state index < -0.39 is 0 Å². The Bertz CT molecular complexity index is 519. The summed E-state index contributed by atoms with van der Waals surface area (Å²) in [7, 11) is 0. The van der Waals surface area contributed by atoms with Crippen LogP contribution < -0.4 is 14.8 Å². The van der Waals surface area contributed by atoms with E-state index in [1.54, 1.807) is 0 Å². The summed E-state index contributed by atoms with van der Waals surface area (Å²) in [5, 5.41) is 12.3. The number of hydrogen-bond acceptors (Lipinski definition) is 4. The van der Waals surface area contributed by atoms with Crippen molar-refractivity contribution in [3.63, 3.8) is 0 Å². The van der Waals surface area contributed by atoms with Crippen molar-refractivity contribution < 1.29 is 19.4 Å². The van der Waals surface area contributed by atoms with Crippen molar-refractivity contribution in [2.45, 2.75) is 32.1 Å². The zero-order valence-corrected chi connectivity index (χ0v) is 12.1. The van der Waals surface area contributed by atoms with Gasteiger partial charge in [0.1, 0.15) is 0 Å². The second-order valence-corrected chi connectivity index (χ2v) is 5.98. The van der Waals surface area contributed by atoms with Crippen molar-refractivity contribution in [2.75, 3.05) is 19.9 Å². The predicted octanol–water partition coefficient (Wildman–Crippen LogP) is 1.63. The van der Waals surface area contributed by atoms with Gasteiger partial charge in [-0.15, -0.1) is 0 Å². The number of benzene rings is 1. The molecule has 0 unspecified atom stereocenters. The molecule has 1 aromatic rings. The van der Waals surface area contributed by atoms with Crippen molar-refractivity contribution in [3.05, 3.63) is 23.8 Å². The molecule has 0 radical (unpaired) electrons. The minimum absolute atomic E-state index is 0.0346. The molecular weight excluding hydrogens is 270 g/mol. The largest absolute Gasteiger partial charge is 0.454 e. The van der Waals surface area contributed by atoms with Crippen LogP contribution in [0.3, 0.4) is 0 Å². The van der Waals surface area contributed by atoms with E-state index >= 15 is 0 Å². The van der Waals surface area contributed by atoms with Crippen molar-refractivity contribution in [3.8, 4) is 11.5 Å². The fourth-order valence-corrected chi connectivity index (χ4v) is 2.80. The monoisotopic (exact) mass is 291 g/mol. The van der Waals surface area contributed by atoms with Gasteiger partial charge in [-0.05, 0) is 37.0 Å². The number of aliphatic hydroxyl groups is 1. The van der Waals surface area contributed by atoms with Gasteiger partial charge in [0, 0.05) is 18.4 Å². The Balaban J connectivity index is 1.45. The first kappa shape index (κ1) is 14.2. The number of carbonyl (C=O) groups is 1. The third kappa shape index (κ3) is 3.13. The van der Waals surface area contributed by atoms with Gasteiger partial charge in [-0.2, -0.15) is 0 Å². The van der Waals surface area contributed by atoms with E-state index in [9.17, 15) is 9.90 Å². The molecule has 1 heterocycles. The quantitative estimate of drug-likeness (QED) is 0.836. The molecule has 0 bridgehead atoms. The van der Waals surface area contributed by atoms with Crippen molar-refractivity contribution in [1.29, 1.82) is 0 Å². The molecule has 0 spiro atoms. The van der Waals surface area contributed by atoms with Crippen LogP contribution in [-0.4, -0.2) is 31.0 Å². The van der Waals surface area contributed by atoms with Crippen LogP contribution in [0.2, 0.25) is 0 Å². The Kier molecular flexibility index (Phi) is 4.01. The summed E-state index contributed by atoms with van der Waals surface area (Å²) < 4.78 is 10.6. The minimum Gasteiger partial charge on any atom is -0.454 e. The molecule has 1 aliphatic carbocycles. The lowest BCUT2D eigenvalue weighted by atomic mass is 9.69. The third-order valence-corrected chi connectivity index (χ3v) is 4.49. The smallest absolute Gasteiger partial charge is 0.231 e. The summed E-state index contributed by atoms with van der Waals surface area (Å²) in [5.41, 5.74) is 1.00. The zero-order chi connectivity index (χ0) is 14.7. The van der Waals surface area contributed by atoms with Gasteiger partial charge >= 0.3 is 0 Å². The van der Waals surface area contributed by atoms with E-state index in [0.717, 1.165) is 36.3 Å². The highest BCUT2D eigenvalue weighted by Gasteiger charge is 2.36. The first-order chi connectivity index (χ1) is 10.2. The minimum atomic E-state index is -0.0611. The molecule has 5 nitrogen and oxygen atoms in total. The molecule has 1 amide bonds. The van der Waals surface area contributed by atoms with E-state index in [2.05, 4.69) is 5.32 Å². The Labute approximate surface area is 124 Å². The van der Waals surface area contributed by atoms with Crippen molar-refractivity contribution >= 4 is 5.91 Å². The Morgan fingerprint density at radius 1 is 1.29 bits per heavy atom. The summed E-state index contributed by atoms with van der Waals surface area (Å²) in [6, 6.07) is 5.77. The van der Waals surface area contributed by atoms with Gasteiger partial charge in [0.05, 0.1) is 6.61 Å². The SMILES string of the molecule is O=C(CCc1ccc2c(c1)OCO2)NCC1(CO)CCC1. The van der Waals surface area contributed by atoms with Gasteiger partial charge in [-0.25, -0.2) is 0 Å². The highest BCUT2D eigenvalue weighted by molar-refractivity contribution is 5.76. The number of nitrogens with one attached hydrogen (secondary N) is 1. The van der Waals surface area contributed by atoms with Gasteiger partial charge < -0.3 is 19.9 Å². The molecule has 114 valence electrons. The van der Waals surface area contributed by atoms with E-state index in [-0.39, 0.29) is 24.7 Å². The van der Waals surface area contributed by atoms with E-state index in [1.165, 1.54) is 0 Å². The molecule has 2 aliphatic rings. The fourth-order valence-electron chi connectivity index (χ4n) is 2.80. The number of hydrogen-bond donors (Lipinski definition) is 2. The van der Waals surface area contributed by atoms with Crippen LogP contribution in [0.4, 0.5) is 0 Å². The van der Waals surface area contributed by atoms with Crippen molar-refractivity contribution in [2.24, 2.45) is 5.41 Å². The summed E-state index contributed by atoms with van der Waals surface area (Å²) in [4.78, 5) is 11.9. The standard InChI is InChI=1S/C16H21NO4/c18-10-16(6-1-7-16)9-17-15(19)5-3-12-2-4-13-14(8-12)21-11-20-13/h2,4,8,18H,1,3,5-7,9-11H2,(H,17,19). The summed E-state index contributed by atoms with van der Waals surface area (Å²) >= 11 is 0. The highest BCUT2D eigenvalue weighted by Crippen LogP contribution is 2.39. The molecule has 0 aromatic heterocycles. The average molecular weight is 291 g/mol. The van der Waals surface area contributed by atoms with Gasteiger partial charge in [0.15, 0.2) is 11.5 Å². The lowest BCUT2D eigenvalue weighted by Crippen LogP contribution is -2.44. The van der Waals surface area contributed by atoms with Crippen LogP contribution >= 0.6 is 0 Å². The van der Waals surface area contributed by atoms with Gasteiger partial charge in [-0.3, -0.25) is 4.79 Å². The lowest BCUT2D eigenvalue weighted by Gasteiger charge is -2.40. The normalized spacial score (nSPS) is 18.1. The number of amides is 1. The molecule has 0 atom stereocenters. The van der Waals surface area contributed by atoms with Crippen LogP contribution in [0.15, 0.2) is 18.2 Å². The number of aryl methyl sites for hydroxylation is 1. The van der Waals surface area contributed by atoms with E-state index in [0.29, 0.717) is 19.4 Å². The van der Waals surface area contributed by atoms with Gasteiger partial charge in [-0.1, -0.05) is 12.5 Å². The first-order valence-corrected chi connectivity index (χ1v) is 7.47. The van der Waals surface area contributed by atoms with Crippen molar-refractivity contribution in [1.82, 2.24) is 5.32 Å². The maximum atomic E-state index is 11.9. The van der Waals surface area contributed by atoms with Crippen LogP contribution in [0, 0.1) is 5.41 Å². The van der Waals surface area contributed by atoms with E-state index in [4.69, 9.17) is 9.47 Å². The third-order valence-electron chi connectivity index (χ3n) is 4.49. The van der Waals surface area contributed by atoms with E-state index in [1.807, 2.05) is 18.2 Å². The maximum Gasteiger partial charge on any atom is 0.231 e. The van der Waals surface area contributed by atoms with Crippen LogP contribution in [0.5, 0.6) is 11.5 Å². The predicted molar refractivity (Wildman–Crippen MR) is 77.3 cm³/mol. The summed E-state index contributed by atoms with van der Waals surface area (Å²) in [6.07, 6.45) is 4.28. The number of fused-ring (bicyclic) bond motifs is 1. The molecule has 5 heteroatoms. The topological polar surface area (TPSA) is 67.8 Å². The zero-order valence-electron chi connectivity index (χ0n) is 12.1. The van der Waals surface area contributed by atoms with Gasteiger partial charge in [0.25, 0.3) is 0 Å². The Morgan fingerprint density at radius 2 is 2.10 bits per heavy atom. The number of rotatable bonds is 6. The summed E-state index contributed by atoms with van der Waals surface area (Å²) in [6.45, 7) is 1.02. The molecule has 21 heavy (non-hydrogen) atoms. The molecule has 1 aliphatic heterocycles. The molecule has 0 saturated heterocycles. The van der Waals surface area contributed by atoms with Crippen LogP contribution in [-0.2, 0) is 11.2 Å². The highest BCUT2D eigenvalue weighted by atomic mass is 16.7. The van der Waals surface area contributed by atoms with Crippen LogP contribution in [0.25, 0.3) is 0 Å². The second kappa shape index (κ2) is 5.93. The lowest BCUT2D eigenvalue weighted by molar-refractivity contribution is -0.122. The molecule has 1 aromatic carbocycles. The molecule has 1 saturated carbocycles. The van der Waals surface area contributed by atoms with Gasteiger partial charge in [0.2, 0.25) is 12.7 Å². The Hall–Kier alpha value is -1.75. The first-order valence-electron chi connectivity index (χ1n) is 7.47. The molecule has 1 fully saturated rings. The average Bonchev–Trinajstić information content (AvgIpc) is 2.92. The second-order valence-electron chi connectivity index (χ2n) is 5.98. The maximum absolute atomic E-state index is 11.9. The number of carbonyl (C=O) groups excluding carboxylic acids is 1.